The van der Waals surface area contributed by atoms with Gasteiger partial charge in [0.2, 0.25) is 5.91 Å². The van der Waals surface area contributed by atoms with Gasteiger partial charge >= 0.3 is 0 Å². The molecule has 0 aliphatic heterocycles. The minimum absolute atomic E-state index is 0.0556. The molecule has 5 rings (SSSR count). The fourth-order valence-corrected chi connectivity index (χ4v) is 5.13. The highest BCUT2D eigenvalue weighted by atomic mass is 16.5. The maximum atomic E-state index is 13.2. The average Bonchev–Trinajstić information content (AvgIpc) is 3.37. The molecular weight excluding hydrogens is 508 g/mol. The van der Waals surface area contributed by atoms with Crippen LogP contribution in [0.1, 0.15) is 48.4 Å². The second-order valence-corrected chi connectivity index (χ2v) is 10.9. The number of amides is 1. The highest BCUT2D eigenvalue weighted by molar-refractivity contribution is 5.86. The maximum absolute atomic E-state index is 13.2. The molecular formula is C36H38N2O3. The number of carbonyl (C=O) groups excluding carboxylic acids is 1. The van der Waals surface area contributed by atoms with Crippen molar-refractivity contribution in [3.63, 3.8) is 0 Å². The van der Waals surface area contributed by atoms with E-state index in [2.05, 4.69) is 90.6 Å². The Morgan fingerprint density at radius 3 is 2.20 bits per heavy atom. The maximum Gasteiger partial charge on any atom is 0.220 e. The van der Waals surface area contributed by atoms with Crippen molar-refractivity contribution in [1.82, 2.24) is 9.88 Å². The van der Waals surface area contributed by atoms with Crippen LogP contribution in [0, 0.1) is 5.92 Å². The van der Waals surface area contributed by atoms with Crippen LogP contribution in [0.25, 0.3) is 10.9 Å². The van der Waals surface area contributed by atoms with Crippen molar-refractivity contribution >= 4 is 16.8 Å². The van der Waals surface area contributed by atoms with Gasteiger partial charge in [-0.25, -0.2) is 0 Å². The third-order valence-electron chi connectivity index (χ3n) is 7.33. The number of aromatic nitrogens is 1. The fourth-order valence-electron chi connectivity index (χ4n) is 5.13. The molecule has 4 aromatic carbocycles. The molecule has 0 fully saturated rings. The quantitative estimate of drug-likeness (QED) is 0.176. The number of hydrogen-bond acceptors (Lipinski definition) is 3. The Balaban J connectivity index is 1.45. The molecule has 1 atom stereocenters. The lowest BCUT2D eigenvalue weighted by molar-refractivity contribution is -0.121. The van der Waals surface area contributed by atoms with Gasteiger partial charge in [0.1, 0.15) is 18.1 Å². The molecule has 1 N–H and O–H groups in total. The second-order valence-electron chi connectivity index (χ2n) is 10.9. The summed E-state index contributed by atoms with van der Waals surface area (Å²) in [5.74, 6) is 2.00. The zero-order valence-corrected chi connectivity index (χ0v) is 24.0. The number of methoxy groups -OCH3 is 1. The Hall–Kier alpha value is -4.51. The van der Waals surface area contributed by atoms with Crippen LogP contribution in [-0.2, 0) is 17.9 Å². The number of rotatable bonds is 12. The van der Waals surface area contributed by atoms with Crippen LogP contribution in [0.15, 0.2) is 109 Å². The normalized spacial score (nSPS) is 11.9. The van der Waals surface area contributed by atoms with Crippen molar-refractivity contribution < 1.29 is 14.3 Å². The summed E-state index contributed by atoms with van der Waals surface area (Å²) in [5, 5.41) is 4.28. The molecule has 0 saturated heterocycles. The van der Waals surface area contributed by atoms with Crippen LogP contribution in [0.4, 0.5) is 0 Å². The number of benzene rings is 4. The summed E-state index contributed by atoms with van der Waals surface area (Å²) >= 11 is 0. The van der Waals surface area contributed by atoms with Gasteiger partial charge in [-0.3, -0.25) is 4.79 Å². The van der Waals surface area contributed by atoms with E-state index in [-0.39, 0.29) is 11.8 Å². The first-order chi connectivity index (χ1) is 20.0. The predicted molar refractivity (Wildman–Crippen MR) is 166 cm³/mol. The van der Waals surface area contributed by atoms with E-state index < -0.39 is 0 Å². The van der Waals surface area contributed by atoms with Gasteiger partial charge in [-0.1, -0.05) is 86.6 Å². The van der Waals surface area contributed by atoms with Crippen molar-refractivity contribution in [2.75, 3.05) is 13.7 Å². The van der Waals surface area contributed by atoms with E-state index in [9.17, 15) is 4.79 Å². The lowest BCUT2D eigenvalue weighted by Gasteiger charge is -2.18. The van der Waals surface area contributed by atoms with Gasteiger partial charge in [0, 0.05) is 42.5 Å². The molecule has 1 amide bonds. The van der Waals surface area contributed by atoms with E-state index in [4.69, 9.17) is 9.47 Å². The molecule has 0 bridgehead atoms. The molecule has 0 radical (unpaired) electrons. The molecule has 0 aliphatic rings. The summed E-state index contributed by atoms with van der Waals surface area (Å²) in [7, 11) is 1.68. The van der Waals surface area contributed by atoms with Gasteiger partial charge < -0.3 is 19.4 Å². The minimum Gasteiger partial charge on any atom is -0.497 e. The van der Waals surface area contributed by atoms with Crippen LogP contribution < -0.4 is 14.8 Å². The summed E-state index contributed by atoms with van der Waals surface area (Å²) in [6, 6.07) is 35.0. The SMILES string of the molecule is COc1ccc(Cn2cc([C@H](CC(=O)NCC(C)C)c3ccc(OCc4ccccc4)cc3)c3ccccc32)cc1. The predicted octanol–water partition coefficient (Wildman–Crippen LogP) is 7.57. The summed E-state index contributed by atoms with van der Waals surface area (Å²) < 4.78 is 13.7. The average molecular weight is 547 g/mol. The van der Waals surface area contributed by atoms with Gasteiger partial charge in [-0.05, 0) is 58.5 Å². The van der Waals surface area contributed by atoms with Gasteiger partial charge in [0.15, 0.2) is 0 Å². The number of para-hydroxylation sites is 1. The van der Waals surface area contributed by atoms with Crippen molar-refractivity contribution in [3.05, 3.63) is 132 Å². The Bertz CT molecular complexity index is 1550. The van der Waals surface area contributed by atoms with Gasteiger partial charge in [-0.15, -0.1) is 0 Å². The molecule has 5 aromatic rings. The highest BCUT2D eigenvalue weighted by Crippen LogP contribution is 2.36. The van der Waals surface area contributed by atoms with E-state index in [1.54, 1.807) is 7.11 Å². The van der Waals surface area contributed by atoms with Crippen LogP contribution in [0.5, 0.6) is 11.5 Å². The largest absolute Gasteiger partial charge is 0.497 e. The molecule has 0 unspecified atom stereocenters. The Kier molecular flexibility index (Phi) is 9.05. The van der Waals surface area contributed by atoms with Crippen molar-refractivity contribution in [2.45, 2.75) is 39.3 Å². The van der Waals surface area contributed by atoms with Crippen LogP contribution in [-0.4, -0.2) is 24.1 Å². The molecule has 210 valence electrons. The second kappa shape index (κ2) is 13.2. The third-order valence-corrected chi connectivity index (χ3v) is 7.33. The number of nitrogens with zero attached hydrogens (tertiary/aromatic N) is 1. The zero-order chi connectivity index (χ0) is 28.6. The minimum atomic E-state index is -0.104. The number of ether oxygens (including phenoxy) is 2. The molecule has 1 aromatic heterocycles. The fraction of sp³-hybridized carbons (Fsp3) is 0.250. The molecule has 5 heteroatoms. The Morgan fingerprint density at radius 1 is 0.805 bits per heavy atom. The van der Waals surface area contributed by atoms with E-state index in [1.165, 1.54) is 5.56 Å². The first-order valence-corrected chi connectivity index (χ1v) is 14.2. The summed E-state index contributed by atoms with van der Waals surface area (Å²) in [6.45, 7) is 6.12. The first-order valence-electron chi connectivity index (χ1n) is 14.2. The molecule has 0 aliphatic carbocycles. The summed E-state index contributed by atoms with van der Waals surface area (Å²) in [6.07, 6.45) is 2.59. The van der Waals surface area contributed by atoms with E-state index in [1.807, 2.05) is 42.5 Å². The van der Waals surface area contributed by atoms with E-state index >= 15 is 0 Å². The van der Waals surface area contributed by atoms with Gasteiger partial charge in [0.25, 0.3) is 0 Å². The first kappa shape index (κ1) is 28.0. The van der Waals surface area contributed by atoms with Crippen molar-refractivity contribution in [2.24, 2.45) is 5.92 Å². The van der Waals surface area contributed by atoms with Crippen molar-refractivity contribution in [3.8, 4) is 11.5 Å². The molecule has 1 heterocycles. The van der Waals surface area contributed by atoms with E-state index in [0.29, 0.717) is 25.5 Å². The van der Waals surface area contributed by atoms with E-state index in [0.717, 1.165) is 45.6 Å². The zero-order valence-electron chi connectivity index (χ0n) is 24.0. The van der Waals surface area contributed by atoms with Gasteiger partial charge in [0.05, 0.1) is 7.11 Å². The highest BCUT2D eigenvalue weighted by Gasteiger charge is 2.23. The number of nitrogens with one attached hydrogen (secondary N) is 1. The summed E-state index contributed by atoms with van der Waals surface area (Å²) in [5.41, 5.74) is 5.69. The van der Waals surface area contributed by atoms with Crippen LogP contribution >= 0.6 is 0 Å². The monoisotopic (exact) mass is 546 g/mol. The Labute approximate surface area is 242 Å². The summed E-state index contributed by atoms with van der Waals surface area (Å²) in [4.78, 5) is 13.2. The number of carbonyl (C=O) groups is 1. The lowest BCUT2D eigenvalue weighted by Crippen LogP contribution is -2.28. The molecule has 41 heavy (non-hydrogen) atoms. The number of fused-ring (bicyclic) bond motifs is 1. The molecule has 0 saturated carbocycles. The third kappa shape index (κ3) is 7.17. The molecule has 0 spiro atoms. The topological polar surface area (TPSA) is 52.5 Å². The number of hydrogen-bond donors (Lipinski definition) is 1. The Morgan fingerprint density at radius 2 is 1.49 bits per heavy atom. The standard InChI is InChI=1S/C36H38N2O3/c1-26(2)22-37-36(39)21-33(29-15-19-31(20-16-29)41-25-28-9-5-4-6-10-28)34-24-38(35-12-8-7-11-32(34)35)23-27-13-17-30(40-3)18-14-27/h4-20,24,26,33H,21-23,25H2,1-3H3,(H,37,39)/t33-/m1/s1. The lowest BCUT2D eigenvalue weighted by atomic mass is 9.88. The van der Waals surface area contributed by atoms with Crippen LogP contribution in [0.3, 0.4) is 0 Å². The van der Waals surface area contributed by atoms with Gasteiger partial charge in [-0.2, -0.15) is 0 Å². The smallest absolute Gasteiger partial charge is 0.220 e. The van der Waals surface area contributed by atoms with Crippen molar-refractivity contribution in [1.29, 1.82) is 0 Å². The van der Waals surface area contributed by atoms with Crippen LogP contribution in [0.2, 0.25) is 0 Å². The molecule has 5 nitrogen and oxygen atoms in total.